The largest absolute Gasteiger partial charge is 0.370 e. The quantitative estimate of drug-likeness (QED) is 0.202. The van der Waals surface area contributed by atoms with E-state index in [1.807, 2.05) is 0 Å². The smallest absolute Gasteiger partial charge is 0.0844 e. The van der Waals surface area contributed by atoms with Crippen LogP contribution in [0.4, 0.5) is 0 Å². The van der Waals surface area contributed by atoms with Gasteiger partial charge in [-0.2, -0.15) is 0 Å². The van der Waals surface area contributed by atoms with Crippen LogP contribution in [0.25, 0.3) is 0 Å². The summed E-state index contributed by atoms with van der Waals surface area (Å²) >= 11 is 0. The summed E-state index contributed by atoms with van der Waals surface area (Å²) in [6.07, 6.45) is 48.4. The predicted molar refractivity (Wildman–Crippen MR) is 257 cm³/mol. The first kappa shape index (κ1) is 45.6. The van der Waals surface area contributed by atoms with Crippen molar-refractivity contribution < 1.29 is 33.2 Å². The van der Waals surface area contributed by atoms with Gasteiger partial charge in [-0.25, -0.2) is 0 Å². The molecule has 0 N–H and O–H groups in total. The molecule has 0 aromatic rings. The zero-order chi connectivity index (χ0) is 44.3. The van der Waals surface area contributed by atoms with Crippen molar-refractivity contribution in [3.63, 3.8) is 0 Å². The van der Waals surface area contributed by atoms with E-state index in [0.29, 0.717) is 90.9 Å². The number of fused-ring (bicyclic) bond motifs is 8. The lowest BCUT2D eigenvalue weighted by Gasteiger charge is -2.44. The van der Waals surface area contributed by atoms with Gasteiger partial charge in [0.2, 0.25) is 0 Å². The number of rotatable bonds is 10. The highest BCUT2D eigenvalue weighted by molar-refractivity contribution is 5.04. The third kappa shape index (κ3) is 10.3. The molecule has 0 aromatic heterocycles. The first-order chi connectivity index (χ1) is 32.2. The van der Waals surface area contributed by atoms with E-state index in [0.717, 1.165) is 71.0 Å². The van der Waals surface area contributed by atoms with E-state index in [2.05, 4.69) is 27.7 Å². The second kappa shape index (κ2) is 18.6. The Morgan fingerprint density at radius 1 is 0.333 bits per heavy atom. The normalized spacial score (nSPS) is 54.0. The van der Waals surface area contributed by atoms with Crippen LogP contribution in [0.2, 0.25) is 0 Å². The van der Waals surface area contributed by atoms with E-state index < -0.39 is 0 Å². The maximum absolute atomic E-state index is 5.72. The zero-order valence-corrected chi connectivity index (χ0v) is 42.2. The Morgan fingerprint density at radius 3 is 1.24 bits per heavy atom. The Kier molecular flexibility index (Phi) is 12.9. The number of ether oxygens (including phenoxy) is 7. The summed E-state index contributed by atoms with van der Waals surface area (Å²) in [7, 11) is 0. The summed E-state index contributed by atoms with van der Waals surface area (Å²) in [5, 5.41) is 0. The SMILES string of the molecule is C1CC(CC2CCC3OC3C2)CC2OC2C1.CC(C)(C1CCC2CC2C1)C1CCC2OC2C1.CCC(C1CCC2OC2C1)C1CC2OC2C1.CCC(C1CCC2OC2C1)C1CCC2OC2C1. The van der Waals surface area contributed by atoms with Crippen LogP contribution >= 0.6 is 0 Å². The molecule has 24 unspecified atom stereocenters. The molecule has 16 fully saturated rings. The van der Waals surface area contributed by atoms with Gasteiger partial charge in [0.25, 0.3) is 0 Å². The minimum Gasteiger partial charge on any atom is -0.370 e. The molecular formula is C59H94O7. The van der Waals surface area contributed by atoms with Crippen molar-refractivity contribution in [1.82, 2.24) is 0 Å². The van der Waals surface area contributed by atoms with Crippen LogP contribution in [-0.4, -0.2) is 85.5 Å². The molecular weight excluding hydrogens is 821 g/mol. The fourth-order valence-electron chi connectivity index (χ4n) is 18.2. The summed E-state index contributed by atoms with van der Waals surface area (Å²) in [5.41, 5.74) is 0.574. The third-order valence-electron chi connectivity index (χ3n) is 23.0. The molecule has 24 atom stereocenters. The van der Waals surface area contributed by atoms with Crippen molar-refractivity contribution in [3.05, 3.63) is 0 Å². The monoisotopic (exact) mass is 915 g/mol. The highest BCUT2D eigenvalue weighted by Gasteiger charge is 2.55. The lowest BCUT2D eigenvalue weighted by molar-refractivity contribution is 0.0603. The van der Waals surface area contributed by atoms with Crippen LogP contribution in [0.3, 0.4) is 0 Å². The van der Waals surface area contributed by atoms with Crippen molar-refractivity contribution in [3.8, 4) is 0 Å². The highest BCUT2D eigenvalue weighted by Crippen LogP contribution is 2.59. The molecule has 9 saturated carbocycles. The van der Waals surface area contributed by atoms with Crippen molar-refractivity contribution in [2.75, 3.05) is 0 Å². The van der Waals surface area contributed by atoms with Crippen LogP contribution < -0.4 is 0 Å². The van der Waals surface area contributed by atoms with Gasteiger partial charge in [-0.05, 0) is 231 Å². The Labute approximate surface area is 401 Å². The Balaban J connectivity index is 0.0000000878. The Morgan fingerprint density at radius 2 is 0.727 bits per heavy atom. The van der Waals surface area contributed by atoms with Gasteiger partial charge in [0.1, 0.15) is 0 Å². The summed E-state index contributed by atoms with van der Waals surface area (Å²) in [4.78, 5) is 0. The Hall–Kier alpha value is -0.280. The fraction of sp³-hybridized carbons (Fsp3) is 1.00. The van der Waals surface area contributed by atoms with Crippen LogP contribution in [0.1, 0.15) is 207 Å². The topological polar surface area (TPSA) is 87.7 Å². The van der Waals surface area contributed by atoms with Crippen LogP contribution in [-0.2, 0) is 33.2 Å². The lowest BCUT2D eigenvalue weighted by Crippen LogP contribution is -2.36. The lowest BCUT2D eigenvalue weighted by atomic mass is 9.61. The highest BCUT2D eigenvalue weighted by atomic mass is 16.6. The van der Waals surface area contributed by atoms with Crippen molar-refractivity contribution >= 4 is 0 Å². The Bertz CT molecular complexity index is 1600. The molecule has 16 aliphatic rings. The van der Waals surface area contributed by atoms with Crippen LogP contribution in [0, 0.1) is 76.4 Å². The number of epoxide rings is 7. The number of hydrogen-bond donors (Lipinski definition) is 0. The summed E-state index contributed by atoms with van der Waals surface area (Å²) in [6, 6.07) is 0. The summed E-state index contributed by atoms with van der Waals surface area (Å²) in [5.74, 6) is 11.9. The van der Waals surface area contributed by atoms with E-state index in [-0.39, 0.29) is 0 Å². The van der Waals surface area contributed by atoms with Crippen molar-refractivity contribution in [2.45, 2.75) is 293 Å². The average molecular weight is 915 g/mol. The van der Waals surface area contributed by atoms with Gasteiger partial charge in [-0.1, -0.05) is 53.4 Å². The van der Waals surface area contributed by atoms with E-state index in [9.17, 15) is 0 Å². The van der Waals surface area contributed by atoms with E-state index >= 15 is 0 Å². The molecule has 0 amide bonds. The molecule has 0 spiro atoms. The van der Waals surface area contributed by atoms with Gasteiger partial charge in [0.15, 0.2) is 0 Å². The van der Waals surface area contributed by atoms with Gasteiger partial charge in [0.05, 0.1) is 85.5 Å². The number of hydrogen-bond acceptors (Lipinski definition) is 7. The van der Waals surface area contributed by atoms with Crippen LogP contribution in [0.5, 0.6) is 0 Å². The molecule has 0 bridgehead atoms. The molecule has 7 nitrogen and oxygen atoms in total. The maximum atomic E-state index is 5.72. The van der Waals surface area contributed by atoms with Crippen molar-refractivity contribution in [2.24, 2.45) is 76.4 Å². The van der Waals surface area contributed by atoms with Crippen LogP contribution in [0.15, 0.2) is 0 Å². The van der Waals surface area contributed by atoms with Crippen molar-refractivity contribution in [1.29, 1.82) is 0 Å². The molecule has 7 aliphatic heterocycles. The van der Waals surface area contributed by atoms with Gasteiger partial charge >= 0.3 is 0 Å². The van der Waals surface area contributed by atoms with E-state index in [4.69, 9.17) is 33.2 Å². The molecule has 0 aromatic carbocycles. The predicted octanol–water partition coefficient (Wildman–Crippen LogP) is 12.8. The summed E-state index contributed by atoms with van der Waals surface area (Å²) < 4.78 is 39.7. The van der Waals surface area contributed by atoms with Gasteiger partial charge in [0, 0.05) is 0 Å². The molecule has 0 radical (unpaired) electrons. The van der Waals surface area contributed by atoms with Gasteiger partial charge in [-0.15, -0.1) is 0 Å². The van der Waals surface area contributed by atoms with Gasteiger partial charge in [-0.3, -0.25) is 0 Å². The fourth-order valence-corrected chi connectivity index (χ4v) is 18.2. The second-order valence-corrected chi connectivity index (χ2v) is 27.1. The zero-order valence-electron chi connectivity index (χ0n) is 42.2. The van der Waals surface area contributed by atoms with E-state index in [1.165, 1.54) is 167 Å². The first-order valence-electron chi connectivity index (χ1n) is 29.8. The molecule has 66 heavy (non-hydrogen) atoms. The summed E-state index contributed by atoms with van der Waals surface area (Å²) in [6.45, 7) is 9.90. The second-order valence-electron chi connectivity index (χ2n) is 27.1. The van der Waals surface area contributed by atoms with E-state index in [1.54, 1.807) is 12.8 Å². The molecule has 16 rings (SSSR count). The third-order valence-corrected chi connectivity index (χ3v) is 23.0. The first-order valence-corrected chi connectivity index (χ1v) is 29.8. The molecule has 7 heterocycles. The molecule has 7 heteroatoms. The molecule has 9 aliphatic carbocycles. The molecule has 7 saturated heterocycles. The maximum Gasteiger partial charge on any atom is 0.0844 e. The minimum atomic E-state index is 0.574. The minimum absolute atomic E-state index is 0.574. The average Bonchev–Trinajstić information content (AvgIpc) is 4.10. The molecule has 372 valence electrons. The standard InChI is InChI=1S/C16H26O.C15H24O2.2C14H22O2/c1-16(2,12-4-3-10-7-11(10)8-12)13-5-6-14-15(9-13)17-14;1-2-11(9-3-5-12-14(7-9)16-12)10-4-6-13-15(8-10)17-13;1-2-10(9-6-13-14(7-9)16-13)8-3-4-11-12(5-8)15-11;1-2-9(7-13-11(3-1)15-13)6-10-4-5-12-14(8-10)16-12/h10-15H,3-9H2,1-2H3;9-15H,2-8H2,1H3;8-14H,2-7H2,1H3;9-14H,1-8H2. The van der Waals surface area contributed by atoms with Gasteiger partial charge < -0.3 is 33.2 Å².